The third-order valence-corrected chi connectivity index (χ3v) is 5.69. The summed E-state index contributed by atoms with van der Waals surface area (Å²) in [4.78, 5) is 25.0. The molecule has 0 heterocycles. The van der Waals surface area contributed by atoms with E-state index in [-0.39, 0.29) is 36.7 Å². The second-order valence-corrected chi connectivity index (χ2v) is 8.20. The highest BCUT2D eigenvalue weighted by Gasteiger charge is 2.30. The van der Waals surface area contributed by atoms with Gasteiger partial charge in [0, 0.05) is 37.1 Å². The van der Waals surface area contributed by atoms with Crippen LogP contribution in [0.25, 0.3) is 0 Å². The zero-order valence-electron chi connectivity index (χ0n) is 17.6. The van der Waals surface area contributed by atoms with Crippen LogP contribution in [0.4, 0.5) is 17.6 Å². The lowest BCUT2D eigenvalue weighted by Gasteiger charge is -2.27. The summed E-state index contributed by atoms with van der Waals surface area (Å²) in [6.45, 7) is 0.499. The van der Waals surface area contributed by atoms with Crippen LogP contribution in [0.1, 0.15) is 36.8 Å². The van der Waals surface area contributed by atoms with Gasteiger partial charge in [-0.1, -0.05) is 6.42 Å². The predicted octanol–water partition coefficient (Wildman–Crippen LogP) is 4.07. The van der Waals surface area contributed by atoms with Gasteiger partial charge in [-0.25, -0.2) is 17.6 Å². The van der Waals surface area contributed by atoms with Crippen molar-refractivity contribution in [3.8, 4) is 0 Å². The molecule has 0 aromatic heterocycles. The first-order valence-corrected chi connectivity index (χ1v) is 10.8. The summed E-state index contributed by atoms with van der Waals surface area (Å²) in [6.07, 6.45) is 3.11. The number of hydrogen-bond donors (Lipinski definition) is 2. The van der Waals surface area contributed by atoms with E-state index >= 15 is 0 Å². The van der Waals surface area contributed by atoms with E-state index in [2.05, 4.69) is 10.6 Å². The SMILES string of the molecule is O=C(NCCc1cc(F)cc(F)c1)C1CCCC(C(=O)NCCc2cc(F)cc(F)c2)C1. The van der Waals surface area contributed by atoms with Crippen LogP contribution < -0.4 is 10.6 Å². The van der Waals surface area contributed by atoms with Gasteiger partial charge in [-0.3, -0.25) is 9.59 Å². The number of amides is 2. The zero-order chi connectivity index (χ0) is 23.1. The quantitative estimate of drug-likeness (QED) is 0.596. The topological polar surface area (TPSA) is 58.2 Å². The van der Waals surface area contributed by atoms with Gasteiger partial charge >= 0.3 is 0 Å². The van der Waals surface area contributed by atoms with E-state index in [1.54, 1.807) is 0 Å². The first-order valence-electron chi connectivity index (χ1n) is 10.8. The van der Waals surface area contributed by atoms with Crippen LogP contribution in [0.2, 0.25) is 0 Å². The molecule has 2 amide bonds. The van der Waals surface area contributed by atoms with E-state index in [9.17, 15) is 27.2 Å². The number of rotatable bonds is 8. The van der Waals surface area contributed by atoms with Gasteiger partial charge in [0.1, 0.15) is 23.3 Å². The van der Waals surface area contributed by atoms with Crippen LogP contribution >= 0.6 is 0 Å². The van der Waals surface area contributed by atoms with E-state index in [4.69, 9.17) is 0 Å². The van der Waals surface area contributed by atoms with E-state index in [0.29, 0.717) is 43.2 Å². The summed E-state index contributed by atoms with van der Waals surface area (Å²) in [5, 5.41) is 5.58. The molecule has 0 aliphatic heterocycles. The molecule has 0 spiro atoms. The highest BCUT2D eigenvalue weighted by molar-refractivity contribution is 5.82. The lowest BCUT2D eigenvalue weighted by molar-refractivity contribution is -0.130. The van der Waals surface area contributed by atoms with Crippen molar-refractivity contribution in [2.24, 2.45) is 11.8 Å². The van der Waals surface area contributed by atoms with Crippen molar-refractivity contribution in [1.29, 1.82) is 0 Å². The summed E-state index contributed by atoms with van der Waals surface area (Å²) in [6, 6.07) is 6.52. The fourth-order valence-electron chi connectivity index (χ4n) is 4.13. The number of hydrogen-bond acceptors (Lipinski definition) is 2. The van der Waals surface area contributed by atoms with Crippen LogP contribution in [-0.2, 0) is 22.4 Å². The Hall–Kier alpha value is -2.90. The van der Waals surface area contributed by atoms with Gasteiger partial charge in [0.2, 0.25) is 11.8 Å². The molecule has 8 heteroatoms. The average molecular weight is 450 g/mol. The maximum absolute atomic E-state index is 13.2. The number of nitrogens with one attached hydrogen (secondary N) is 2. The molecule has 1 fully saturated rings. The third-order valence-electron chi connectivity index (χ3n) is 5.69. The molecule has 2 atom stereocenters. The highest BCUT2D eigenvalue weighted by Crippen LogP contribution is 2.29. The van der Waals surface area contributed by atoms with Gasteiger partial charge < -0.3 is 10.6 Å². The summed E-state index contributed by atoms with van der Waals surface area (Å²) >= 11 is 0. The first kappa shape index (κ1) is 23.8. The molecule has 3 rings (SSSR count). The molecular weight excluding hydrogens is 424 g/mol. The number of halogens is 4. The number of benzene rings is 2. The Kier molecular flexibility index (Phi) is 8.25. The maximum atomic E-state index is 13.2. The van der Waals surface area contributed by atoms with Crippen molar-refractivity contribution in [3.05, 3.63) is 70.8 Å². The van der Waals surface area contributed by atoms with Crippen LogP contribution in [-0.4, -0.2) is 24.9 Å². The highest BCUT2D eigenvalue weighted by atomic mass is 19.1. The van der Waals surface area contributed by atoms with E-state index in [1.807, 2.05) is 0 Å². The molecule has 32 heavy (non-hydrogen) atoms. The Labute approximate surface area is 184 Å². The second kappa shape index (κ2) is 11.1. The third kappa shape index (κ3) is 7.07. The lowest BCUT2D eigenvalue weighted by atomic mass is 9.80. The normalized spacial score (nSPS) is 18.2. The standard InChI is InChI=1S/C24H26F4N2O2/c25-19-8-15(9-20(26)13-19)4-6-29-23(31)17-2-1-3-18(12-17)24(32)30-7-5-16-10-21(27)14-22(28)11-16/h8-11,13-14,17-18H,1-7,12H2,(H,29,31)(H,30,32). The average Bonchev–Trinajstić information content (AvgIpc) is 2.72. The molecule has 0 radical (unpaired) electrons. The van der Waals surface area contributed by atoms with Crippen LogP contribution in [0, 0.1) is 35.1 Å². The van der Waals surface area contributed by atoms with Crippen LogP contribution in [0.3, 0.4) is 0 Å². The number of carbonyl (C=O) groups excluding carboxylic acids is 2. The summed E-state index contributed by atoms with van der Waals surface area (Å²) in [5.41, 5.74) is 0.920. The van der Waals surface area contributed by atoms with E-state index < -0.39 is 23.3 Å². The molecule has 2 aromatic rings. The minimum absolute atomic E-state index is 0.172. The minimum atomic E-state index is -0.657. The summed E-state index contributed by atoms with van der Waals surface area (Å²) < 4.78 is 53.0. The zero-order valence-corrected chi connectivity index (χ0v) is 17.6. The molecule has 172 valence electrons. The monoisotopic (exact) mass is 450 g/mol. The Morgan fingerprint density at radius 1 is 0.688 bits per heavy atom. The molecular formula is C24H26F4N2O2. The van der Waals surface area contributed by atoms with Crippen LogP contribution in [0.5, 0.6) is 0 Å². The van der Waals surface area contributed by atoms with Gasteiger partial charge in [-0.2, -0.15) is 0 Å². The fourth-order valence-corrected chi connectivity index (χ4v) is 4.13. The molecule has 2 aromatic carbocycles. The smallest absolute Gasteiger partial charge is 0.223 e. The summed E-state index contributed by atoms with van der Waals surface area (Å²) in [7, 11) is 0. The Balaban J connectivity index is 1.42. The summed E-state index contributed by atoms with van der Waals surface area (Å²) in [5.74, 6) is -3.58. The van der Waals surface area contributed by atoms with Crippen molar-refractivity contribution >= 4 is 11.8 Å². The van der Waals surface area contributed by atoms with Crippen molar-refractivity contribution in [2.75, 3.05) is 13.1 Å². The van der Waals surface area contributed by atoms with Gasteiger partial charge in [0.25, 0.3) is 0 Å². The van der Waals surface area contributed by atoms with Gasteiger partial charge in [0.05, 0.1) is 0 Å². The minimum Gasteiger partial charge on any atom is -0.356 e. The molecule has 2 N–H and O–H groups in total. The second-order valence-electron chi connectivity index (χ2n) is 8.20. The molecule has 1 saturated carbocycles. The molecule has 1 aliphatic rings. The van der Waals surface area contributed by atoms with Crippen LogP contribution in [0.15, 0.2) is 36.4 Å². The molecule has 0 saturated heterocycles. The van der Waals surface area contributed by atoms with Gasteiger partial charge in [-0.15, -0.1) is 0 Å². The van der Waals surface area contributed by atoms with Gasteiger partial charge in [-0.05, 0) is 67.5 Å². The number of carbonyl (C=O) groups is 2. The largest absolute Gasteiger partial charge is 0.356 e. The Morgan fingerprint density at radius 3 is 1.44 bits per heavy atom. The lowest BCUT2D eigenvalue weighted by Crippen LogP contribution is -2.39. The predicted molar refractivity (Wildman–Crippen MR) is 112 cm³/mol. The maximum Gasteiger partial charge on any atom is 0.223 e. The van der Waals surface area contributed by atoms with Crippen molar-refractivity contribution in [2.45, 2.75) is 38.5 Å². The fraction of sp³-hybridized carbons (Fsp3) is 0.417. The van der Waals surface area contributed by atoms with Crippen molar-refractivity contribution < 1.29 is 27.2 Å². The Bertz CT molecular complexity index is 851. The first-order chi connectivity index (χ1) is 15.3. The van der Waals surface area contributed by atoms with E-state index in [0.717, 1.165) is 18.6 Å². The molecule has 0 bridgehead atoms. The molecule has 1 aliphatic carbocycles. The Morgan fingerprint density at radius 2 is 1.06 bits per heavy atom. The van der Waals surface area contributed by atoms with Crippen molar-refractivity contribution in [1.82, 2.24) is 10.6 Å². The molecule has 2 unspecified atom stereocenters. The van der Waals surface area contributed by atoms with E-state index in [1.165, 1.54) is 24.3 Å². The van der Waals surface area contributed by atoms with Gasteiger partial charge in [0.15, 0.2) is 0 Å². The molecule has 4 nitrogen and oxygen atoms in total. The van der Waals surface area contributed by atoms with Crippen molar-refractivity contribution in [3.63, 3.8) is 0 Å².